The van der Waals surface area contributed by atoms with E-state index in [9.17, 15) is 0 Å². The summed E-state index contributed by atoms with van der Waals surface area (Å²) in [7, 11) is 0. The molecule has 12 aromatic rings. The number of rotatable bonds is 3. The van der Waals surface area contributed by atoms with Crippen LogP contribution < -0.4 is 0 Å². The normalized spacial score (nSPS) is 12.1. The van der Waals surface area contributed by atoms with Gasteiger partial charge >= 0.3 is 0 Å². The Hall–Kier alpha value is -6.32. The van der Waals surface area contributed by atoms with Crippen molar-refractivity contribution >= 4 is 106 Å². The van der Waals surface area contributed by atoms with Crippen LogP contribution in [0, 0.1) is 0 Å². The van der Waals surface area contributed by atoms with Gasteiger partial charge in [-0.25, -0.2) is 0 Å². The molecule has 0 N–H and O–H groups in total. The molecule has 12 rings (SSSR count). The topological polar surface area (TPSA) is 0 Å². The van der Waals surface area contributed by atoms with E-state index < -0.39 is 0 Å². The second-order valence-corrected chi connectivity index (χ2v) is 16.5. The molecule has 0 aliphatic heterocycles. The summed E-state index contributed by atoms with van der Waals surface area (Å²) >= 11 is 3.85. The molecule has 0 fully saturated rings. The quantitative estimate of drug-likeness (QED) is 0.160. The van der Waals surface area contributed by atoms with E-state index >= 15 is 0 Å². The van der Waals surface area contributed by atoms with Crippen LogP contribution in [0.5, 0.6) is 0 Å². The van der Waals surface area contributed by atoms with Crippen LogP contribution in [0.4, 0.5) is 0 Å². The molecule has 250 valence electrons. The van der Waals surface area contributed by atoms with Crippen molar-refractivity contribution < 1.29 is 0 Å². The third kappa shape index (κ3) is 4.42. The highest BCUT2D eigenvalue weighted by Crippen LogP contribution is 2.47. The van der Waals surface area contributed by atoms with E-state index in [-0.39, 0.29) is 0 Å². The third-order valence-electron chi connectivity index (χ3n) is 11.4. The van der Waals surface area contributed by atoms with Gasteiger partial charge in [-0.3, -0.25) is 0 Å². The van der Waals surface area contributed by atoms with Crippen molar-refractivity contribution in [2.45, 2.75) is 0 Å². The van der Waals surface area contributed by atoms with Crippen molar-refractivity contribution in [3.63, 3.8) is 0 Å². The van der Waals surface area contributed by atoms with Gasteiger partial charge in [-0.1, -0.05) is 158 Å². The van der Waals surface area contributed by atoms with Crippen molar-refractivity contribution in [1.29, 1.82) is 0 Å². The van der Waals surface area contributed by atoms with Gasteiger partial charge in [0, 0.05) is 40.3 Å². The lowest BCUT2D eigenvalue weighted by molar-refractivity contribution is 1.63. The monoisotopic (exact) mass is 718 g/mol. The molecule has 0 aliphatic carbocycles. The summed E-state index contributed by atoms with van der Waals surface area (Å²) in [6, 6.07) is 67.7. The minimum Gasteiger partial charge on any atom is -0.134 e. The maximum atomic E-state index is 2.37. The van der Waals surface area contributed by atoms with Gasteiger partial charge in [-0.05, 0) is 101 Å². The lowest BCUT2D eigenvalue weighted by atomic mass is 9.85. The summed E-state index contributed by atoms with van der Waals surface area (Å²) < 4.78 is 5.50. The molecule has 0 saturated carbocycles. The van der Waals surface area contributed by atoms with E-state index in [0.717, 1.165) is 0 Å². The van der Waals surface area contributed by atoms with Crippen molar-refractivity contribution in [3.8, 4) is 33.4 Å². The Morgan fingerprint density at radius 3 is 1.54 bits per heavy atom. The number of thiophene rings is 2. The van der Waals surface area contributed by atoms with Crippen LogP contribution in [0.3, 0.4) is 0 Å². The summed E-state index contributed by atoms with van der Waals surface area (Å²) in [4.78, 5) is 0. The zero-order chi connectivity index (χ0) is 35.3. The van der Waals surface area contributed by atoms with Gasteiger partial charge in [0.1, 0.15) is 0 Å². The van der Waals surface area contributed by atoms with Gasteiger partial charge in [0.2, 0.25) is 0 Å². The van der Waals surface area contributed by atoms with Gasteiger partial charge in [0.25, 0.3) is 0 Å². The summed E-state index contributed by atoms with van der Waals surface area (Å²) in [5.41, 5.74) is 7.53. The van der Waals surface area contributed by atoms with Gasteiger partial charge in [-0.2, -0.15) is 0 Å². The Morgan fingerprint density at radius 2 is 0.778 bits per heavy atom. The van der Waals surface area contributed by atoms with E-state index in [0.29, 0.717) is 0 Å². The molecular formula is C52H30S2. The highest BCUT2D eigenvalue weighted by Gasteiger charge is 2.18. The molecule has 0 saturated heterocycles. The molecule has 2 heterocycles. The standard InChI is InChI=1S/C52H30S2/c1-2-10-34-30-37(22-19-31(34)9-1)49-42-14-5-3-12-40(42)48(41-13-4-6-15-43(41)49)33-20-17-32(18-21-33)35-23-25-38-36(29-35)24-26-45-50-47(54-51(38)45)28-27-44-39-11-7-8-16-46(39)53-52(44)50/h1-30H. The Balaban J connectivity index is 0.974. The lowest BCUT2D eigenvalue weighted by Gasteiger charge is -2.18. The van der Waals surface area contributed by atoms with Gasteiger partial charge in [0.15, 0.2) is 0 Å². The zero-order valence-electron chi connectivity index (χ0n) is 29.1. The smallest absolute Gasteiger partial charge is 0.0448 e. The first-order chi connectivity index (χ1) is 26.8. The van der Waals surface area contributed by atoms with Crippen molar-refractivity contribution in [1.82, 2.24) is 0 Å². The number of benzene rings is 10. The molecule has 0 unspecified atom stereocenters. The molecule has 0 aliphatic rings. The Kier molecular flexibility index (Phi) is 6.48. The molecule has 0 nitrogen and oxygen atoms in total. The third-order valence-corrected chi connectivity index (χ3v) is 13.8. The van der Waals surface area contributed by atoms with Crippen LogP contribution in [0.25, 0.3) is 117 Å². The first kappa shape index (κ1) is 30.2. The van der Waals surface area contributed by atoms with E-state index in [4.69, 9.17) is 0 Å². The molecule has 2 heteroatoms. The van der Waals surface area contributed by atoms with E-state index in [1.165, 1.54) is 117 Å². The number of hydrogen-bond acceptors (Lipinski definition) is 2. The van der Waals surface area contributed by atoms with E-state index in [1.54, 1.807) is 0 Å². The molecule has 10 aromatic carbocycles. The van der Waals surface area contributed by atoms with Crippen LogP contribution >= 0.6 is 22.7 Å². The fraction of sp³-hybridized carbons (Fsp3) is 0. The maximum absolute atomic E-state index is 2.37. The van der Waals surface area contributed by atoms with Crippen LogP contribution in [0.2, 0.25) is 0 Å². The zero-order valence-corrected chi connectivity index (χ0v) is 30.8. The second kappa shape index (κ2) is 11.6. The van der Waals surface area contributed by atoms with Crippen molar-refractivity contribution in [2.75, 3.05) is 0 Å². The predicted octanol–water partition coefficient (Wildman–Crippen LogP) is 16.0. The van der Waals surface area contributed by atoms with Gasteiger partial charge in [-0.15, -0.1) is 22.7 Å². The molecule has 0 radical (unpaired) electrons. The molecule has 0 atom stereocenters. The molecule has 0 amide bonds. The molecule has 54 heavy (non-hydrogen) atoms. The Bertz CT molecular complexity index is 3430. The van der Waals surface area contributed by atoms with Gasteiger partial charge in [0.05, 0.1) is 0 Å². The summed E-state index contributed by atoms with van der Waals surface area (Å²) in [5.74, 6) is 0. The highest BCUT2D eigenvalue weighted by molar-refractivity contribution is 7.30. The average molecular weight is 719 g/mol. The van der Waals surface area contributed by atoms with Gasteiger partial charge < -0.3 is 0 Å². The minimum absolute atomic E-state index is 1.23. The van der Waals surface area contributed by atoms with Crippen LogP contribution in [0.1, 0.15) is 0 Å². The van der Waals surface area contributed by atoms with Crippen LogP contribution in [-0.2, 0) is 0 Å². The van der Waals surface area contributed by atoms with Crippen LogP contribution in [-0.4, -0.2) is 0 Å². The maximum Gasteiger partial charge on any atom is 0.0448 e. The SMILES string of the molecule is c1ccc2cc(-c3c4ccccc4c(-c4ccc(-c5ccc6c(ccc7c6sc6ccc8c9ccccc9sc8c67)c5)cc4)c4ccccc34)ccc2c1. The highest BCUT2D eigenvalue weighted by atomic mass is 32.1. The largest absolute Gasteiger partial charge is 0.134 e. The fourth-order valence-corrected chi connectivity index (χ4v) is 11.5. The second-order valence-electron chi connectivity index (χ2n) is 14.4. The number of hydrogen-bond donors (Lipinski definition) is 0. The minimum atomic E-state index is 1.23. The van der Waals surface area contributed by atoms with E-state index in [2.05, 4.69) is 182 Å². The average Bonchev–Trinajstić information content (AvgIpc) is 3.81. The summed E-state index contributed by atoms with van der Waals surface area (Å²) in [5, 5.41) is 15.7. The van der Waals surface area contributed by atoms with Crippen molar-refractivity contribution in [3.05, 3.63) is 182 Å². The molecule has 0 spiro atoms. The lowest BCUT2D eigenvalue weighted by Crippen LogP contribution is -1.91. The fourth-order valence-electron chi connectivity index (χ4n) is 8.93. The summed E-state index contributed by atoms with van der Waals surface area (Å²) in [6.45, 7) is 0. The van der Waals surface area contributed by atoms with Crippen LogP contribution in [0.15, 0.2) is 182 Å². The van der Waals surface area contributed by atoms with Crippen molar-refractivity contribution in [2.24, 2.45) is 0 Å². The predicted molar refractivity (Wildman–Crippen MR) is 239 cm³/mol. The first-order valence-corrected chi connectivity index (χ1v) is 20.1. The Morgan fingerprint density at radius 1 is 0.259 bits per heavy atom. The molecule has 2 aromatic heterocycles. The summed E-state index contributed by atoms with van der Waals surface area (Å²) in [6.07, 6.45) is 0. The molecular weight excluding hydrogens is 689 g/mol. The molecule has 0 bridgehead atoms. The Labute approximate surface area is 319 Å². The van der Waals surface area contributed by atoms with E-state index in [1.807, 2.05) is 22.7 Å². The first-order valence-electron chi connectivity index (χ1n) is 18.5. The number of fused-ring (bicyclic) bond motifs is 12.